The Bertz CT molecular complexity index is 783. The van der Waals surface area contributed by atoms with Crippen molar-refractivity contribution >= 4 is 20.9 Å². The number of hydrogen-bond acceptors (Lipinski definition) is 4. The molecule has 0 fully saturated rings. The zero-order chi connectivity index (χ0) is 17.6. The summed E-state index contributed by atoms with van der Waals surface area (Å²) >= 11 is 0. The van der Waals surface area contributed by atoms with Gasteiger partial charge in [0.2, 0.25) is 0 Å². The van der Waals surface area contributed by atoms with Gasteiger partial charge in [-0.15, -0.1) is 0 Å². The fraction of sp³-hybridized carbons (Fsp3) is 0.444. The van der Waals surface area contributed by atoms with Crippen LogP contribution in [0, 0.1) is 0 Å². The summed E-state index contributed by atoms with van der Waals surface area (Å²) in [6, 6.07) is 8.02. The molecule has 5 nitrogen and oxygen atoms in total. The third kappa shape index (κ3) is 4.61. The van der Waals surface area contributed by atoms with Crippen LogP contribution in [0.25, 0.3) is 10.8 Å². The molecule has 6 heteroatoms. The van der Waals surface area contributed by atoms with E-state index in [1.165, 1.54) is 12.1 Å². The van der Waals surface area contributed by atoms with Gasteiger partial charge in [0.05, 0.1) is 18.1 Å². The van der Waals surface area contributed by atoms with E-state index >= 15 is 0 Å². The lowest BCUT2D eigenvalue weighted by molar-refractivity contribution is 0.264. The average molecular weight is 352 g/mol. The number of fused-ring (bicyclic) bond motifs is 1. The zero-order valence-corrected chi connectivity index (χ0v) is 14.9. The molecule has 0 heterocycles. The maximum atomic E-state index is 11.3. The van der Waals surface area contributed by atoms with Crippen molar-refractivity contribution in [1.29, 1.82) is 0 Å². The Morgan fingerprint density at radius 3 is 2.25 bits per heavy atom. The summed E-state index contributed by atoms with van der Waals surface area (Å²) in [6.45, 7) is 5.36. The summed E-state index contributed by atoms with van der Waals surface area (Å²) in [6.07, 6.45) is 3.93. The molecule has 0 atom stereocenters. The van der Waals surface area contributed by atoms with Gasteiger partial charge in [-0.05, 0) is 42.5 Å². The fourth-order valence-corrected chi connectivity index (χ4v) is 2.84. The highest BCUT2D eigenvalue weighted by Crippen LogP contribution is 2.37. The molecule has 0 aliphatic carbocycles. The molecule has 0 amide bonds. The summed E-state index contributed by atoms with van der Waals surface area (Å²) in [5, 5.41) is 1.45. The Kier molecular flexibility index (Phi) is 6.45. The molecule has 0 aromatic heterocycles. The molecule has 2 aromatic carbocycles. The fourth-order valence-electron chi connectivity index (χ4n) is 2.33. The molecule has 2 rings (SSSR count). The summed E-state index contributed by atoms with van der Waals surface area (Å²) in [5.74, 6) is 1.28. The maximum Gasteiger partial charge on any atom is 0.294 e. The Morgan fingerprint density at radius 2 is 1.62 bits per heavy atom. The number of benzene rings is 2. The van der Waals surface area contributed by atoms with Gasteiger partial charge in [0.25, 0.3) is 10.1 Å². The molecule has 0 spiro atoms. The largest absolute Gasteiger partial charge is 0.490 e. The second-order valence-electron chi connectivity index (χ2n) is 5.65. The zero-order valence-electron chi connectivity index (χ0n) is 14.1. The van der Waals surface area contributed by atoms with Crippen LogP contribution < -0.4 is 9.47 Å². The van der Waals surface area contributed by atoms with E-state index in [1.807, 2.05) is 0 Å². The third-order valence-electron chi connectivity index (χ3n) is 3.70. The molecular weight excluding hydrogens is 328 g/mol. The first-order valence-electron chi connectivity index (χ1n) is 8.27. The van der Waals surface area contributed by atoms with Gasteiger partial charge in [0, 0.05) is 5.39 Å². The van der Waals surface area contributed by atoms with E-state index in [1.54, 1.807) is 18.2 Å². The topological polar surface area (TPSA) is 72.8 Å². The highest BCUT2D eigenvalue weighted by atomic mass is 32.2. The van der Waals surface area contributed by atoms with Crippen LogP contribution in [0.3, 0.4) is 0 Å². The average Bonchev–Trinajstić information content (AvgIpc) is 2.55. The van der Waals surface area contributed by atoms with Gasteiger partial charge in [0.1, 0.15) is 0 Å². The molecule has 0 aliphatic rings. The van der Waals surface area contributed by atoms with Crippen molar-refractivity contribution in [1.82, 2.24) is 0 Å². The summed E-state index contributed by atoms with van der Waals surface area (Å²) in [5.41, 5.74) is 0. The van der Waals surface area contributed by atoms with Gasteiger partial charge in [-0.25, -0.2) is 0 Å². The number of ether oxygens (including phenoxy) is 2. The molecule has 1 N–H and O–H groups in total. The van der Waals surface area contributed by atoms with Gasteiger partial charge in [0.15, 0.2) is 11.5 Å². The summed E-state index contributed by atoms with van der Waals surface area (Å²) in [7, 11) is -4.23. The first-order valence-corrected chi connectivity index (χ1v) is 9.71. The predicted molar refractivity (Wildman–Crippen MR) is 94.6 cm³/mol. The Hall–Kier alpha value is -1.79. The minimum atomic E-state index is -4.23. The van der Waals surface area contributed by atoms with Crippen molar-refractivity contribution in [3.05, 3.63) is 30.3 Å². The summed E-state index contributed by atoms with van der Waals surface area (Å²) in [4.78, 5) is -0.130. The molecule has 0 saturated heterocycles. The van der Waals surface area contributed by atoms with Crippen molar-refractivity contribution in [2.75, 3.05) is 13.2 Å². The molecule has 0 bridgehead atoms. The first-order chi connectivity index (χ1) is 11.5. The quantitative estimate of drug-likeness (QED) is 0.533. The minimum Gasteiger partial charge on any atom is -0.490 e. The van der Waals surface area contributed by atoms with Crippen LogP contribution in [0.4, 0.5) is 0 Å². The van der Waals surface area contributed by atoms with Gasteiger partial charge < -0.3 is 9.47 Å². The molecule has 0 aliphatic heterocycles. The maximum absolute atomic E-state index is 11.3. The number of unbranched alkanes of at least 4 members (excludes halogenated alkanes) is 2. The highest BCUT2D eigenvalue weighted by Gasteiger charge is 2.15. The van der Waals surface area contributed by atoms with Gasteiger partial charge >= 0.3 is 0 Å². The van der Waals surface area contributed by atoms with Crippen LogP contribution in [-0.2, 0) is 10.1 Å². The molecule has 0 unspecified atom stereocenters. The van der Waals surface area contributed by atoms with Gasteiger partial charge in [-0.2, -0.15) is 8.42 Å². The van der Waals surface area contributed by atoms with E-state index in [9.17, 15) is 13.0 Å². The van der Waals surface area contributed by atoms with Gasteiger partial charge in [-0.3, -0.25) is 4.55 Å². The van der Waals surface area contributed by atoms with Crippen molar-refractivity contribution in [3.8, 4) is 11.5 Å². The molecule has 0 radical (unpaired) electrons. The summed E-state index contributed by atoms with van der Waals surface area (Å²) < 4.78 is 43.6. The van der Waals surface area contributed by atoms with E-state index in [2.05, 4.69) is 13.8 Å². The van der Waals surface area contributed by atoms with Gasteiger partial charge in [-0.1, -0.05) is 32.8 Å². The van der Waals surface area contributed by atoms with Crippen LogP contribution in [0.5, 0.6) is 11.5 Å². The van der Waals surface area contributed by atoms with E-state index in [0.29, 0.717) is 30.1 Å². The lowest BCUT2D eigenvalue weighted by Crippen LogP contribution is -2.03. The number of rotatable bonds is 9. The van der Waals surface area contributed by atoms with E-state index in [-0.39, 0.29) is 4.90 Å². The predicted octanol–water partition coefficient (Wildman–Crippen LogP) is 4.44. The van der Waals surface area contributed by atoms with Crippen LogP contribution >= 0.6 is 0 Å². The van der Waals surface area contributed by atoms with Crippen LogP contribution in [0.15, 0.2) is 35.2 Å². The lowest BCUT2D eigenvalue weighted by atomic mass is 10.1. The van der Waals surface area contributed by atoms with Crippen molar-refractivity contribution in [2.45, 2.75) is 44.4 Å². The van der Waals surface area contributed by atoms with Crippen molar-refractivity contribution < 1.29 is 22.4 Å². The molecule has 2 aromatic rings. The monoisotopic (exact) mass is 352 g/mol. The molecule has 132 valence electrons. The highest BCUT2D eigenvalue weighted by molar-refractivity contribution is 7.85. The second kappa shape index (κ2) is 8.35. The van der Waals surface area contributed by atoms with E-state index in [0.717, 1.165) is 31.1 Å². The standard InChI is InChI=1S/C18H24O5S/c1-3-5-11-22-17-10-7-14-13-15(24(19,20)21)8-9-16(14)18(17)23-12-6-4-2/h7-10,13H,3-6,11-12H2,1-2H3,(H,19,20,21). The normalized spacial score (nSPS) is 11.6. The minimum absolute atomic E-state index is 0.130. The van der Waals surface area contributed by atoms with E-state index < -0.39 is 10.1 Å². The third-order valence-corrected chi connectivity index (χ3v) is 4.55. The lowest BCUT2D eigenvalue weighted by Gasteiger charge is -2.15. The first kappa shape index (κ1) is 18.5. The van der Waals surface area contributed by atoms with Crippen LogP contribution in [0.2, 0.25) is 0 Å². The molecular formula is C18H24O5S. The second-order valence-corrected chi connectivity index (χ2v) is 7.08. The van der Waals surface area contributed by atoms with Crippen LogP contribution in [0.1, 0.15) is 39.5 Å². The Balaban J connectivity index is 2.43. The molecule has 0 saturated carbocycles. The smallest absolute Gasteiger partial charge is 0.294 e. The van der Waals surface area contributed by atoms with Crippen molar-refractivity contribution in [2.24, 2.45) is 0 Å². The van der Waals surface area contributed by atoms with Crippen LogP contribution in [-0.4, -0.2) is 26.2 Å². The molecule has 24 heavy (non-hydrogen) atoms. The number of hydrogen-bond donors (Lipinski definition) is 1. The van der Waals surface area contributed by atoms with E-state index in [4.69, 9.17) is 9.47 Å². The van der Waals surface area contributed by atoms with Crippen molar-refractivity contribution in [3.63, 3.8) is 0 Å². The SMILES string of the molecule is CCCCOc1ccc2cc(S(=O)(=O)O)ccc2c1OCCCC. The Labute approximate surface area is 143 Å². The Morgan fingerprint density at radius 1 is 0.958 bits per heavy atom.